The van der Waals surface area contributed by atoms with Gasteiger partial charge in [0.05, 0.1) is 22.3 Å². The standard InChI is InChI=1S/C12H16Cl2N2O2/c1-7(2)16(3-4-17)12(18)8-5-9(13)11(14)10(15)6-8/h5-7,17H,3-4,15H2,1-2H3. The highest BCUT2D eigenvalue weighted by Gasteiger charge is 2.19. The highest BCUT2D eigenvalue weighted by Crippen LogP contribution is 2.30. The maximum Gasteiger partial charge on any atom is 0.254 e. The molecule has 0 aliphatic carbocycles. The molecule has 0 saturated heterocycles. The molecule has 3 N–H and O–H groups in total. The van der Waals surface area contributed by atoms with Crippen molar-refractivity contribution in [2.45, 2.75) is 19.9 Å². The second-order valence-electron chi connectivity index (χ2n) is 4.18. The average molecular weight is 291 g/mol. The third kappa shape index (κ3) is 3.28. The molecule has 0 fully saturated rings. The van der Waals surface area contributed by atoms with Crippen LogP contribution < -0.4 is 5.73 Å². The van der Waals surface area contributed by atoms with E-state index >= 15 is 0 Å². The Morgan fingerprint density at radius 2 is 2.06 bits per heavy atom. The molecule has 0 radical (unpaired) electrons. The zero-order chi connectivity index (χ0) is 13.9. The topological polar surface area (TPSA) is 66.6 Å². The number of benzene rings is 1. The van der Waals surface area contributed by atoms with E-state index in [-0.39, 0.29) is 40.8 Å². The molecular formula is C12H16Cl2N2O2. The minimum atomic E-state index is -0.232. The van der Waals surface area contributed by atoms with E-state index in [9.17, 15) is 4.79 Å². The second-order valence-corrected chi connectivity index (χ2v) is 4.96. The second kappa shape index (κ2) is 6.27. The van der Waals surface area contributed by atoms with Crippen LogP contribution in [0.5, 0.6) is 0 Å². The van der Waals surface area contributed by atoms with Crippen LogP contribution in [0.15, 0.2) is 12.1 Å². The minimum absolute atomic E-state index is 0.0275. The lowest BCUT2D eigenvalue weighted by Gasteiger charge is -2.26. The number of carbonyl (C=O) groups is 1. The Hall–Kier alpha value is -0.970. The number of nitrogens with two attached hydrogens (primary N) is 1. The molecule has 0 bridgehead atoms. The number of aliphatic hydroxyl groups is 1. The van der Waals surface area contributed by atoms with Crippen LogP contribution in [0.3, 0.4) is 0 Å². The number of nitrogen functional groups attached to an aromatic ring is 1. The fraction of sp³-hybridized carbons (Fsp3) is 0.417. The number of halogens is 2. The number of hydrogen-bond acceptors (Lipinski definition) is 3. The maximum atomic E-state index is 12.2. The quantitative estimate of drug-likeness (QED) is 0.837. The van der Waals surface area contributed by atoms with Gasteiger partial charge in [0.1, 0.15) is 0 Å². The molecule has 0 aromatic heterocycles. The Morgan fingerprint density at radius 1 is 1.44 bits per heavy atom. The van der Waals surface area contributed by atoms with E-state index in [1.54, 1.807) is 4.90 Å². The lowest BCUT2D eigenvalue weighted by molar-refractivity contribution is 0.0665. The van der Waals surface area contributed by atoms with Gasteiger partial charge in [0.25, 0.3) is 5.91 Å². The first-order valence-electron chi connectivity index (χ1n) is 5.54. The molecule has 100 valence electrons. The number of carbonyl (C=O) groups excluding carboxylic acids is 1. The lowest BCUT2D eigenvalue weighted by Crippen LogP contribution is -2.39. The molecule has 18 heavy (non-hydrogen) atoms. The largest absolute Gasteiger partial charge is 0.397 e. The number of aliphatic hydroxyl groups excluding tert-OH is 1. The van der Waals surface area contributed by atoms with Gasteiger partial charge >= 0.3 is 0 Å². The third-order valence-corrected chi connectivity index (χ3v) is 3.35. The molecule has 0 saturated carbocycles. The molecule has 0 spiro atoms. The Labute approximate surface area is 116 Å². The van der Waals surface area contributed by atoms with E-state index in [1.807, 2.05) is 13.8 Å². The highest BCUT2D eigenvalue weighted by atomic mass is 35.5. The van der Waals surface area contributed by atoms with Crippen LogP contribution in [0.4, 0.5) is 5.69 Å². The summed E-state index contributed by atoms with van der Waals surface area (Å²) in [5.41, 5.74) is 6.30. The summed E-state index contributed by atoms with van der Waals surface area (Å²) in [4.78, 5) is 13.8. The zero-order valence-electron chi connectivity index (χ0n) is 10.3. The van der Waals surface area contributed by atoms with E-state index in [2.05, 4.69) is 0 Å². The monoisotopic (exact) mass is 290 g/mol. The fourth-order valence-corrected chi connectivity index (χ4v) is 1.94. The summed E-state index contributed by atoms with van der Waals surface area (Å²) in [5, 5.41) is 9.45. The number of anilines is 1. The molecule has 6 heteroatoms. The molecule has 0 atom stereocenters. The van der Waals surface area contributed by atoms with Crippen LogP contribution in [0.1, 0.15) is 24.2 Å². The molecular weight excluding hydrogens is 275 g/mol. The van der Waals surface area contributed by atoms with E-state index in [0.29, 0.717) is 5.56 Å². The zero-order valence-corrected chi connectivity index (χ0v) is 11.8. The molecule has 0 aliphatic heterocycles. The predicted octanol–water partition coefficient (Wildman–Crippen LogP) is 2.42. The summed E-state index contributed by atoms with van der Waals surface area (Å²) in [7, 11) is 0. The first kappa shape index (κ1) is 15.1. The lowest BCUT2D eigenvalue weighted by atomic mass is 10.1. The fourth-order valence-electron chi connectivity index (χ4n) is 1.60. The number of hydrogen-bond donors (Lipinski definition) is 2. The van der Waals surface area contributed by atoms with Gasteiger partial charge in [-0.3, -0.25) is 4.79 Å². The number of nitrogens with zero attached hydrogens (tertiary/aromatic N) is 1. The van der Waals surface area contributed by atoms with Crippen molar-refractivity contribution in [3.8, 4) is 0 Å². The molecule has 0 unspecified atom stereocenters. The van der Waals surface area contributed by atoms with E-state index in [4.69, 9.17) is 34.0 Å². The van der Waals surface area contributed by atoms with Gasteiger partial charge < -0.3 is 15.7 Å². The van der Waals surface area contributed by atoms with Crippen molar-refractivity contribution in [1.82, 2.24) is 4.90 Å². The van der Waals surface area contributed by atoms with Gasteiger partial charge in [-0.1, -0.05) is 23.2 Å². The number of amides is 1. The van der Waals surface area contributed by atoms with Gasteiger partial charge in [-0.2, -0.15) is 0 Å². The molecule has 1 rings (SSSR count). The molecule has 1 aromatic rings. The molecule has 4 nitrogen and oxygen atoms in total. The van der Waals surface area contributed by atoms with Gasteiger partial charge in [-0.05, 0) is 26.0 Å². The van der Waals surface area contributed by atoms with Gasteiger partial charge in [0.2, 0.25) is 0 Å². The summed E-state index contributed by atoms with van der Waals surface area (Å²) in [5.74, 6) is -0.232. The van der Waals surface area contributed by atoms with Crippen molar-refractivity contribution in [3.05, 3.63) is 27.7 Å². The van der Waals surface area contributed by atoms with Gasteiger partial charge in [-0.25, -0.2) is 0 Å². The van der Waals surface area contributed by atoms with Crippen LogP contribution in [0, 0.1) is 0 Å². The van der Waals surface area contributed by atoms with Crippen molar-refractivity contribution in [3.63, 3.8) is 0 Å². The SMILES string of the molecule is CC(C)N(CCO)C(=O)c1cc(N)c(Cl)c(Cl)c1. The summed E-state index contributed by atoms with van der Waals surface area (Å²) >= 11 is 11.7. The first-order valence-corrected chi connectivity index (χ1v) is 6.30. The minimum Gasteiger partial charge on any atom is -0.397 e. The number of rotatable bonds is 4. The van der Waals surface area contributed by atoms with Crippen LogP contribution in [-0.4, -0.2) is 35.1 Å². The van der Waals surface area contributed by atoms with Crippen molar-refractivity contribution < 1.29 is 9.90 Å². The van der Waals surface area contributed by atoms with E-state index in [1.165, 1.54) is 12.1 Å². The predicted molar refractivity (Wildman–Crippen MR) is 74.1 cm³/mol. The van der Waals surface area contributed by atoms with Crippen molar-refractivity contribution in [2.24, 2.45) is 0 Å². The first-order chi connectivity index (χ1) is 8.38. The molecule has 1 aromatic carbocycles. The van der Waals surface area contributed by atoms with Crippen molar-refractivity contribution >= 4 is 34.8 Å². The summed E-state index contributed by atoms with van der Waals surface area (Å²) in [6, 6.07) is 2.94. The van der Waals surface area contributed by atoms with Crippen LogP contribution in [-0.2, 0) is 0 Å². The Kier molecular flexibility index (Phi) is 5.26. The highest BCUT2D eigenvalue weighted by molar-refractivity contribution is 6.43. The summed E-state index contributed by atoms with van der Waals surface area (Å²) in [6.07, 6.45) is 0. The van der Waals surface area contributed by atoms with Gasteiger partial charge in [0, 0.05) is 18.2 Å². The normalized spacial score (nSPS) is 10.8. The van der Waals surface area contributed by atoms with Crippen molar-refractivity contribution in [2.75, 3.05) is 18.9 Å². The van der Waals surface area contributed by atoms with E-state index < -0.39 is 0 Å². The van der Waals surface area contributed by atoms with Crippen molar-refractivity contribution in [1.29, 1.82) is 0 Å². The van der Waals surface area contributed by atoms with Gasteiger partial charge in [-0.15, -0.1) is 0 Å². The summed E-state index contributed by atoms with van der Waals surface area (Å²) < 4.78 is 0. The van der Waals surface area contributed by atoms with Gasteiger partial charge in [0.15, 0.2) is 0 Å². The molecule has 0 heterocycles. The third-order valence-electron chi connectivity index (χ3n) is 2.53. The Morgan fingerprint density at radius 3 is 2.50 bits per heavy atom. The molecule has 0 aliphatic rings. The van der Waals surface area contributed by atoms with Crippen LogP contribution >= 0.6 is 23.2 Å². The average Bonchev–Trinajstić information content (AvgIpc) is 2.31. The smallest absolute Gasteiger partial charge is 0.254 e. The van der Waals surface area contributed by atoms with Crippen LogP contribution in [0.25, 0.3) is 0 Å². The van der Waals surface area contributed by atoms with Crippen LogP contribution in [0.2, 0.25) is 10.0 Å². The summed E-state index contributed by atoms with van der Waals surface area (Å²) in [6.45, 7) is 3.90. The molecule has 1 amide bonds. The van der Waals surface area contributed by atoms with E-state index in [0.717, 1.165) is 0 Å². The maximum absolute atomic E-state index is 12.2. The Balaban J connectivity index is 3.09. The Bertz CT molecular complexity index is 427.